The third kappa shape index (κ3) is 3.17. The van der Waals surface area contributed by atoms with Crippen molar-refractivity contribution in [2.75, 3.05) is 16.9 Å². The van der Waals surface area contributed by atoms with Crippen molar-refractivity contribution in [3.8, 4) is 5.75 Å². The number of nitrogens with zero attached hydrogens (tertiary/aromatic N) is 2. The highest BCUT2D eigenvalue weighted by Gasteiger charge is 2.68. The number of para-hydroxylation sites is 1. The molecule has 1 atom stereocenters. The zero-order valence-electron chi connectivity index (χ0n) is 18.5. The van der Waals surface area contributed by atoms with Crippen LogP contribution in [0.4, 0.5) is 16.2 Å². The van der Waals surface area contributed by atoms with Crippen molar-refractivity contribution in [2.45, 2.75) is 5.66 Å². The van der Waals surface area contributed by atoms with E-state index in [4.69, 9.17) is 4.74 Å². The number of nitrogens with one attached hydrogen (secondary N) is 1. The van der Waals surface area contributed by atoms with Gasteiger partial charge in [0, 0.05) is 11.3 Å². The van der Waals surface area contributed by atoms with E-state index < -0.39 is 40.6 Å². The predicted molar refractivity (Wildman–Crippen MR) is 127 cm³/mol. The molecule has 0 bridgehead atoms. The smallest absolute Gasteiger partial charge is 0.331 e. The van der Waals surface area contributed by atoms with Crippen LogP contribution in [0.15, 0.2) is 90.5 Å². The van der Waals surface area contributed by atoms with Gasteiger partial charge >= 0.3 is 11.9 Å². The summed E-state index contributed by atoms with van der Waals surface area (Å²) >= 11 is 0. The lowest BCUT2D eigenvalue weighted by Gasteiger charge is -2.32. The van der Waals surface area contributed by atoms with Gasteiger partial charge in [-0.1, -0.05) is 48.5 Å². The Hall–Kier alpha value is -4.92. The molecule has 0 aliphatic carbocycles. The lowest BCUT2D eigenvalue weighted by atomic mass is 9.94. The fraction of sp³-hybridized carbons (Fsp3) is 0.0769. The van der Waals surface area contributed by atoms with Gasteiger partial charge in [0.25, 0.3) is 11.7 Å². The highest BCUT2D eigenvalue weighted by atomic mass is 16.5. The SMILES string of the molecule is COc1ccc(N2C(=O)C(=O)/C(=C(/O)c3ccccc3)C23NC(=O)N(c2ccccc2)C3=O)cc1. The molecule has 2 aliphatic rings. The Bertz CT molecular complexity index is 1390. The normalized spacial score (nSPS) is 21.1. The number of ketones is 1. The molecule has 1 spiro atoms. The number of carbonyl (C=O) groups is 4. The number of aliphatic hydroxyl groups excluding tert-OH is 1. The van der Waals surface area contributed by atoms with Crippen LogP contribution in [0.1, 0.15) is 5.56 Å². The summed E-state index contributed by atoms with van der Waals surface area (Å²) in [5.74, 6) is -3.18. The third-order valence-electron chi connectivity index (χ3n) is 5.95. The van der Waals surface area contributed by atoms with Crippen LogP contribution in [0.3, 0.4) is 0 Å². The Labute approximate surface area is 199 Å². The Morgan fingerprint density at radius 3 is 2.03 bits per heavy atom. The van der Waals surface area contributed by atoms with Gasteiger partial charge < -0.3 is 15.2 Å². The van der Waals surface area contributed by atoms with E-state index >= 15 is 0 Å². The Balaban J connectivity index is 1.77. The molecule has 0 aromatic heterocycles. The number of aliphatic hydroxyl groups is 1. The molecule has 0 radical (unpaired) electrons. The van der Waals surface area contributed by atoms with E-state index in [9.17, 15) is 24.3 Å². The molecule has 35 heavy (non-hydrogen) atoms. The molecule has 3 aromatic rings. The molecule has 5 rings (SSSR count). The minimum absolute atomic E-state index is 0.156. The maximum absolute atomic E-state index is 14.0. The van der Waals surface area contributed by atoms with Crippen molar-refractivity contribution in [1.29, 1.82) is 0 Å². The number of urea groups is 1. The van der Waals surface area contributed by atoms with Gasteiger partial charge in [-0.15, -0.1) is 0 Å². The standard InChI is InChI=1S/C26H19N3O6/c1-35-19-14-12-18(13-15-19)29-23(32)22(31)20(21(30)16-8-4-2-5-9-16)26(29)24(33)28(25(34)27-26)17-10-6-3-7-11-17/h2-15,30H,1H3,(H,27,34)/b21-20-. The van der Waals surface area contributed by atoms with E-state index in [1.165, 1.54) is 31.4 Å². The third-order valence-corrected chi connectivity index (χ3v) is 5.95. The number of hydrogen-bond acceptors (Lipinski definition) is 6. The second-order valence-corrected chi connectivity index (χ2v) is 7.87. The van der Waals surface area contributed by atoms with E-state index in [0.717, 1.165) is 9.80 Å². The Morgan fingerprint density at radius 1 is 0.829 bits per heavy atom. The number of imide groups is 1. The van der Waals surface area contributed by atoms with Crippen LogP contribution >= 0.6 is 0 Å². The first kappa shape index (κ1) is 21.9. The minimum Gasteiger partial charge on any atom is -0.507 e. The molecule has 1 unspecified atom stereocenters. The molecule has 3 aromatic carbocycles. The van der Waals surface area contributed by atoms with Crippen LogP contribution in [0.2, 0.25) is 0 Å². The molecule has 2 fully saturated rings. The molecular formula is C26H19N3O6. The topological polar surface area (TPSA) is 116 Å². The van der Waals surface area contributed by atoms with Gasteiger partial charge in [0.15, 0.2) is 0 Å². The van der Waals surface area contributed by atoms with Gasteiger partial charge in [-0.2, -0.15) is 0 Å². The molecule has 2 N–H and O–H groups in total. The van der Waals surface area contributed by atoms with Gasteiger partial charge in [0.1, 0.15) is 17.1 Å². The summed E-state index contributed by atoms with van der Waals surface area (Å²) in [6.07, 6.45) is 0. The number of Topliss-reactive ketones (excluding diaryl/α,β-unsaturated/α-hetero) is 1. The number of amides is 4. The van der Waals surface area contributed by atoms with E-state index in [0.29, 0.717) is 5.75 Å². The molecule has 9 nitrogen and oxygen atoms in total. The van der Waals surface area contributed by atoms with Gasteiger partial charge in [-0.25, -0.2) is 9.69 Å². The second-order valence-electron chi connectivity index (χ2n) is 7.87. The van der Waals surface area contributed by atoms with Gasteiger partial charge in [0.2, 0.25) is 5.66 Å². The first-order chi connectivity index (χ1) is 16.9. The number of carbonyl (C=O) groups excluding carboxylic acids is 4. The number of anilines is 2. The van der Waals surface area contributed by atoms with E-state index in [2.05, 4.69) is 5.32 Å². The maximum Gasteiger partial charge on any atom is 0.331 e. The minimum atomic E-state index is -2.30. The predicted octanol–water partition coefficient (Wildman–Crippen LogP) is 3.03. The average Bonchev–Trinajstić information content (AvgIpc) is 3.27. The monoisotopic (exact) mass is 469 g/mol. The quantitative estimate of drug-likeness (QED) is 0.263. The fourth-order valence-corrected chi connectivity index (χ4v) is 4.35. The lowest BCUT2D eigenvalue weighted by molar-refractivity contribution is -0.132. The van der Waals surface area contributed by atoms with Gasteiger partial charge in [0.05, 0.1) is 12.8 Å². The number of hydrogen-bond donors (Lipinski definition) is 2. The summed E-state index contributed by atoms with van der Waals surface area (Å²) < 4.78 is 5.16. The second kappa shape index (κ2) is 8.14. The zero-order valence-corrected chi connectivity index (χ0v) is 18.5. The molecule has 2 saturated heterocycles. The van der Waals surface area contributed by atoms with E-state index in [-0.39, 0.29) is 16.9 Å². The molecule has 2 aliphatic heterocycles. The highest BCUT2D eigenvalue weighted by Crippen LogP contribution is 2.43. The van der Waals surface area contributed by atoms with E-state index in [1.807, 2.05) is 0 Å². The summed E-state index contributed by atoms with van der Waals surface area (Å²) in [5.41, 5.74) is -2.22. The molecule has 0 saturated carbocycles. The Morgan fingerprint density at radius 2 is 1.43 bits per heavy atom. The van der Waals surface area contributed by atoms with Crippen molar-refractivity contribution in [2.24, 2.45) is 0 Å². The highest BCUT2D eigenvalue weighted by molar-refractivity contribution is 6.56. The molecule has 4 amide bonds. The van der Waals surface area contributed by atoms with Crippen molar-refractivity contribution in [3.63, 3.8) is 0 Å². The van der Waals surface area contributed by atoms with Crippen LogP contribution in [0, 0.1) is 0 Å². The maximum atomic E-state index is 14.0. The largest absolute Gasteiger partial charge is 0.507 e. The van der Waals surface area contributed by atoms with Crippen molar-refractivity contribution in [1.82, 2.24) is 5.32 Å². The Kier molecular flexibility index (Phi) is 5.09. The number of ether oxygens (including phenoxy) is 1. The van der Waals surface area contributed by atoms with Crippen LogP contribution in [-0.2, 0) is 14.4 Å². The summed E-state index contributed by atoms with van der Waals surface area (Å²) in [7, 11) is 1.47. The number of rotatable bonds is 4. The van der Waals surface area contributed by atoms with Gasteiger partial charge in [-0.3, -0.25) is 19.3 Å². The summed E-state index contributed by atoms with van der Waals surface area (Å²) in [5, 5.41) is 13.7. The lowest BCUT2D eigenvalue weighted by Crippen LogP contribution is -2.59. The molecule has 9 heteroatoms. The van der Waals surface area contributed by atoms with E-state index in [1.54, 1.807) is 60.7 Å². The molecule has 174 valence electrons. The summed E-state index contributed by atoms with van der Waals surface area (Å²) in [6, 6.07) is 21.4. The summed E-state index contributed by atoms with van der Waals surface area (Å²) in [6.45, 7) is 0. The molecule has 2 heterocycles. The van der Waals surface area contributed by atoms with Crippen LogP contribution in [0.25, 0.3) is 5.76 Å². The van der Waals surface area contributed by atoms with Crippen LogP contribution in [0.5, 0.6) is 5.75 Å². The van der Waals surface area contributed by atoms with Crippen molar-refractivity contribution >= 4 is 40.8 Å². The molecular weight excluding hydrogens is 450 g/mol. The fourth-order valence-electron chi connectivity index (χ4n) is 4.35. The number of benzene rings is 3. The van der Waals surface area contributed by atoms with Crippen LogP contribution in [-0.4, -0.2) is 41.5 Å². The van der Waals surface area contributed by atoms with Gasteiger partial charge in [-0.05, 0) is 36.4 Å². The van der Waals surface area contributed by atoms with Crippen molar-refractivity contribution < 1.29 is 29.0 Å². The first-order valence-electron chi connectivity index (χ1n) is 10.6. The average molecular weight is 469 g/mol. The van der Waals surface area contributed by atoms with Crippen LogP contribution < -0.4 is 19.9 Å². The summed E-state index contributed by atoms with van der Waals surface area (Å²) in [4.78, 5) is 55.6. The zero-order chi connectivity index (χ0) is 24.7. The first-order valence-corrected chi connectivity index (χ1v) is 10.6. The number of methoxy groups -OCH3 is 1. The van der Waals surface area contributed by atoms with Crippen molar-refractivity contribution in [3.05, 3.63) is 96.1 Å².